The van der Waals surface area contributed by atoms with Crippen LogP contribution in [0.5, 0.6) is 0 Å². The molecular formula is C21H20N4O2. The maximum absolute atomic E-state index is 12.7. The quantitative estimate of drug-likeness (QED) is 0.733. The van der Waals surface area contributed by atoms with Gasteiger partial charge in [-0.3, -0.25) is 19.6 Å². The summed E-state index contributed by atoms with van der Waals surface area (Å²) in [6.45, 7) is 2.27. The Balaban J connectivity index is 1.41. The smallest absolute Gasteiger partial charge is 0.253 e. The van der Waals surface area contributed by atoms with Gasteiger partial charge in [-0.1, -0.05) is 12.1 Å². The van der Waals surface area contributed by atoms with Gasteiger partial charge < -0.3 is 10.6 Å². The van der Waals surface area contributed by atoms with Crippen LogP contribution in [-0.4, -0.2) is 33.9 Å². The number of hydrogen-bond donors (Lipinski definition) is 2. The zero-order valence-electron chi connectivity index (χ0n) is 15.0. The fourth-order valence-electron chi connectivity index (χ4n) is 3.06. The van der Waals surface area contributed by atoms with Crippen molar-refractivity contribution in [1.29, 1.82) is 0 Å². The van der Waals surface area contributed by atoms with Crippen LogP contribution < -0.4 is 10.6 Å². The average molecular weight is 360 g/mol. The molecule has 0 radical (unpaired) electrons. The highest BCUT2D eigenvalue weighted by molar-refractivity contribution is 5.98. The molecule has 2 heterocycles. The Morgan fingerprint density at radius 3 is 2.74 bits per heavy atom. The number of nitrogens with one attached hydrogen (secondary N) is 2. The first-order valence-corrected chi connectivity index (χ1v) is 8.92. The zero-order valence-corrected chi connectivity index (χ0v) is 15.0. The molecular weight excluding hydrogens is 340 g/mol. The maximum Gasteiger partial charge on any atom is 0.253 e. The van der Waals surface area contributed by atoms with E-state index in [0.29, 0.717) is 17.7 Å². The molecule has 1 aliphatic carbocycles. The summed E-state index contributed by atoms with van der Waals surface area (Å²) in [4.78, 5) is 33.3. The van der Waals surface area contributed by atoms with Crippen LogP contribution in [0.1, 0.15) is 39.1 Å². The number of amides is 2. The van der Waals surface area contributed by atoms with E-state index in [-0.39, 0.29) is 17.4 Å². The lowest BCUT2D eigenvalue weighted by molar-refractivity contribution is 0.0902. The molecule has 1 fully saturated rings. The van der Waals surface area contributed by atoms with Crippen LogP contribution in [0.25, 0.3) is 10.9 Å². The van der Waals surface area contributed by atoms with Crippen LogP contribution in [0, 0.1) is 6.92 Å². The number of nitrogens with zero attached hydrogens (tertiary/aromatic N) is 2. The second-order valence-electron chi connectivity index (χ2n) is 7.02. The Morgan fingerprint density at radius 1 is 1.11 bits per heavy atom. The van der Waals surface area contributed by atoms with Gasteiger partial charge in [-0.25, -0.2) is 0 Å². The van der Waals surface area contributed by atoms with Crippen molar-refractivity contribution in [2.24, 2.45) is 0 Å². The highest BCUT2D eigenvalue weighted by Crippen LogP contribution is 2.35. The maximum atomic E-state index is 12.7. The first-order valence-electron chi connectivity index (χ1n) is 8.92. The van der Waals surface area contributed by atoms with Crippen LogP contribution in [0.2, 0.25) is 0 Å². The molecule has 136 valence electrons. The summed E-state index contributed by atoms with van der Waals surface area (Å²) >= 11 is 0. The van der Waals surface area contributed by atoms with Crippen molar-refractivity contribution in [2.75, 3.05) is 6.54 Å². The Kier molecular flexibility index (Phi) is 4.32. The second-order valence-corrected chi connectivity index (χ2v) is 7.02. The summed E-state index contributed by atoms with van der Waals surface area (Å²) in [5.41, 5.74) is 2.42. The van der Waals surface area contributed by atoms with Crippen molar-refractivity contribution >= 4 is 22.7 Å². The van der Waals surface area contributed by atoms with Gasteiger partial charge in [0.15, 0.2) is 0 Å². The summed E-state index contributed by atoms with van der Waals surface area (Å²) < 4.78 is 0. The molecule has 0 saturated heterocycles. The topological polar surface area (TPSA) is 84.0 Å². The van der Waals surface area contributed by atoms with E-state index in [2.05, 4.69) is 20.6 Å². The largest absolute Gasteiger partial charge is 0.350 e. The minimum absolute atomic E-state index is 0.146. The SMILES string of the molecule is Cc1ccncc1C(=O)NCC1(NC(=O)c2ccc3cccnc3c2)CC1. The molecule has 1 saturated carbocycles. The lowest BCUT2D eigenvalue weighted by Crippen LogP contribution is -2.45. The van der Waals surface area contributed by atoms with Crippen molar-refractivity contribution in [3.63, 3.8) is 0 Å². The molecule has 2 amide bonds. The summed E-state index contributed by atoms with van der Waals surface area (Å²) in [6.07, 6.45) is 6.62. The minimum Gasteiger partial charge on any atom is -0.350 e. The fraction of sp³-hybridized carbons (Fsp3) is 0.238. The van der Waals surface area contributed by atoms with Crippen molar-refractivity contribution in [1.82, 2.24) is 20.6 Å². The number of fused-ring (bicyclic) bond motifs is 1. The number of rotatable bonds is 5. The van der Waals surface area contributed by atoms with Crippen LogP contribution in [0.15, 0.2) is 55.0 Å². The van der Waals surface area contributed by atoms with Crippen LogP contribution in [0.3, 0.4) is 0 Å². The van der Waals surface area contributed by atoms with Gasteiger partial charge in [0.25, 0.3) is 11.8 Å². The second kappa shape index (κ2) is 6.79. The molecule has 2 N–H and O–H groups in total. The predicted molar refractivity (Wildman–Crippen MR) is 102 cm³/mol. The lowest BCUT2D eigenvalue weighted by Gasteiger charge is -2.18. The van der Waals surface area contributed by atoms with E-state index < -0.39 is 0 Å². The highest BCUT2D eigenvalue weighted by atomic mass is 16.2. The highest BCUT2D eigenvalue weighted by Gasteiger charge is 2.44. The molecule has 0 bridgehead atoms. The van der Waals surface area contributed by atoms with E-state index in [4.69, 9.17) is 0 Å². The number of carbonyl (C=O) groups excluding carboxylic acids is 2. The third-order valence-electron chi connectivity index (χ3n) is 4.97. The molecule has 4 rings (SSSR count). The number of benzene rings is 1. The summed E-state index contributed by atoms with van der Waals surface area (Å²) in [5.74, 6) is -0.317. The first-order chi connectivity index (χ1) is 13.1. The molecule has 1 aliphatic rings. The Hall–Kier alpha value is -3.28. The van der Waals surface area contributed by atoms with E-state index >= 15 is 0 Å². The van der Waals surface area contributed by atoms with E-state index in [0.717, 1.165) is 29.3 Å². The summed E-state index contributed by atoms with van der Waals surface area (Å²) in [7, 11) is 0. The predicted octanol–water partition coefficient (Wildman–Crippen LogP) is 2.63. The van der Waals surface area contributed by atoms with E-state index in [1.165, 1.54) is 0 Å². The van der Waals surface area contributed by atoms with Crippen LogP contribution in [-0.2, 0) is 0 Å². The molecule has 0 aliphatic heterocycles. The van der Waals surface area contributed by atoms with Crippen LogP contribution >= 0.6 is 0 Å². The zero-order chi connectivity index (χ0) is 18.9. The van der Waals surface area contributed by atoms with Gasteiger partial charge in [-0.05, 0) is 49.6 Å². The molecule has 3 aromatic rings. The standard InChI is InChI=1S/C21H20N4O2/c1-14-6-10-22-12-17(14)20(27)24-13-21(7-8-21)25-19(26)16-5-4-15-3-2-9-23-18(15)11-16/h2-6,9-12H,7-8,13H2,1H3,(H,24,27)(H,25,26). The molecule has 6 nitrogen and oxygen atoms in total. The van der Waals surface area contributed by atoms with Gasteiger partial charge in [0.2, 0.25) is 0 Å². The van der Waals surface area contributed by atoms with Gasteiger partial charge in [-0.2, -0.15) is 0 Å². The third-order valence-corrected chi connectivity index (χ3v) is 4.97. The van der Waals surface area contributed by atoms with E-state index in [9.17, 15) is 9.59 Å². The Bertz CT molecular complexity index is 1030. The average Bonchev–Trinajstić information content (AvgIpc) is 3.45. The summed E-state index contributed by atoms with van der Waals surface area (Å²) in [6, 6.07) is 11.1. The third kappa shape index (κ3) is 3.65. The molecule has 0 spiro atoms. The lowest BCUT2D eigenvalue weighted by atomic mass is 10.1. The fourth-order valence-corrected chi connectivity index (χ4v) is 3.06. The van der Waals surface area contributed by atoms with E-state index in [1.807, 2.05) is 25.1 Å². The van der Waals surface area contributed by atoms with Crippen LogP contribution in [0.4, 0.5) is 0 Å². The number of aromatic nitrogens is 2. The molecule has 0 unspecified atom stereocenters. The first kappa shape index (κ1) is 17.1. The van der Waals surface area contributed by atoms with Crippen molar-refractivity contribution in [2.45, 2.75) is 25.3 Å². The van der Waals surface area contributed by atoms with Gasteiger partial charge >= 0.3 is 0 Å². The van der Waals surface area contributed by atoms with Crippen molar-refractivity contribution < 1.29 is 9.59 Å². The van der Waals surface area contributed by atoms with Crippen molar-refractivity contribution in [3.8, 4) is 0 Å². The summed E-state index contributed by atoms with van der Waals surface area (Å²) in [5, 5.41) is 6.99. The molecule has 0 atom stereocenters. The van der Waals surface area contributed by atoms with Crippen molar-refractivity contribution in [3.05, 3.63) is 71.7 Å². The number of aryl methyl sites for hydroxylation is 1. The Morgan fingerprint density at radius 2 is 1.96 bits per heavy atom. The number of carbonyl (C=O) groups is 2. The molecule has 27 heavy (non-hydrogen) atoms. The molecule has 1 aromatic carbocycles. The monoisotopic (exact) mass is 360 g/mol. The molecule has 6 heteroatoms. The van der Waals surface area contributed by atoms with Gasteiger partial charge in [0.05, 0.1) is 16.6 Å². The Labute approximate surface area is 157 Å². The number of hydrogen-bond acceptors (Lipinski definition) is 4. The van der Waals surface area contributed by atoms with Gasteiger partial charge in [0, 0.05) is 36.1 Å². The number of pyridine rings is 2. The van der Waals surface area contributed by atoms with Gasteiger partial charge in [-0.15, -0.1) is 0 Å². The normalized spacial score (nSPS) is 14.6. The van der Waals surface area contributed by atoms with Gasteiger partial charge in [0.1, 0.15) is 0 Å². The minimum atomic E-state index is -0.373. The van der Waals surface area contributed by atoms with E-state index in [1.54, 1.807) is 36.8 Å². The molecule has 2 aromatic heterocycles.